The lowest BCUT2D eigenvalue weighted by molar-refractivity contribution is 0.107. The lowest BCUT2D eigenvalue weighted by atomic mass is 9.98. The van der Waals surface area contributed by atoms with E-state index in [0.717, 1.165) is 22.3 Å². The van der Waals surface area contributed by atoms with Crippen LogP contribution in [0.5, 0.6) is 0 Å². The highest BCUT2D eigenvalue weighted by molar-refractivity contribution is 7.76. The number of alkyl carbamates (subject to hydrolysis) is 1. The first-order valence-corrected chi connectivity index (χ1v) is 14.5. The predicted molar refractivity (Wildman–Crippen MR) is 116 cm³/mol. The Kier molecular flexibility index (Phi) is 7.53. The molecule has 0 heterocycles. The van der Waals surface area contributed by atoms with Gasteiger partial charge in [-0.3, -0.25) is 13.7 Å². The topological polar surface area (TPSA) is 180 Å². The van der Waals surface area contributed by atoms with Gasteiger partial charge in [-0.1, -0.05) is 48.5 Å². The van der Waals surface area contributed by atoms with Gasteiger partial charge < -0.3 is 29.6 Å². The molecule has 3 rings (SSSR count). The number of amides is 1. The van der Waals surface area contributed by atoms with Crippen LogP contribution < -0.4 is 5.32 Å². The van der Waals surface area contributed by atoms with E-state index in [0.29, 0.717) is 0 Å². The molecule has 16 heteroatoms. The van der Waals surface area contributed by atoms with Gasteiger partial charge in [-0.2, -0.15) is 8.78 Å². The van der Waals surface area contributed by atoms with Crippen molar-refractivity contribution >= 4 is 28.9 Å². The van der Waals surface area contributed by atoms with Gasteiger partial charge in [0, 0.05) is 12.5 Å². The van der Waals surface area contributed by atoms with Crippen LogP contribution in [0.25, 0.3) is 11.1 Å². The molecule has 34 heavy (non-hydrogen) atoms. The maximum Gasteiger partial charge on any atom is 0.444 e. The number of alkyl halides is 2. The summed E-state index contributed by atoms with van der Waals surface area (Å²) in [6, 6.07) is 15.1. The molecule has 2 aromatic rings. The molecule has 11 nitrogen and oxygen atoms in total. The van der Waals surface area contributed by atoms with Crippen LogP contribution in [0.3, 0.4) is 0 Å². The van der Waals surface area contributed by atoms with Gasteiger partial charge in [0.05, 0.1) is 6.16 Å². The highest BCUT2D eigenvalue weighted by Gasteiger charge is 2.66. The molecule has 0 saturated heterocycles. The van der Waals surface area contributed by atoms with Crippen LogP contribution in [0.15, 0.2) is 48.5 Å². The van der Waals surface area contributed by atoms with Crippen molar-refractivity contribution in [3.8, 4) is 11.1 Å². The van der Waals surface area contributed by atoms with Crippen LogP contribution in [0.4, 0.5) is 13.6 Å². The number of fused-ring (bicyclic) bond motifs is 3. The van der Waals surface area contributed by atoms with Gasteiger partial charge in [-0.25, -0.2) is 9.11 Å². The van der Waals surface area contributed by atoms with Crippen molar-refractivity contribution < 1.29 is 55.9 Å². The van der Waals surface area contributed by atoms with Crippen molar-refractivity contribution in [3.05, 3.63) is 59.7 Å². The zero-order valence-corrected chi connectivity index (χ0v) is 19.8. The van der Waals surface area contributed by atoms with Crippen LogP contribution in [0.1, 0.15) is 17.0 Å². The quantitative estimate of drug-likeness (QED) is 0.294. The van der Waals surface area contributed by atoms with Gasteiger partial charge in [-0.05, 0) is 22.3 Å². The molecule has 0 bridgehead atoms. The standard InChI is InChI=1S/C18H20F2NO10P3/c19-18(20,33(25,26)27)34(28,29)31-32(23,24)10-9-21-17(22)30-11-16-14-7-3-1-5-12(14)13-6-2-4-8-15(13)16/h1-8,16H,9-11H2,(H,21,22)(H,23,24)(H,28,29)(H2,25,26,27). The molecule has 1 aliphatic carbocycles. The van der Waals surface area contributed by atoms with Crippen molar-refractivity contribution in [3.63, 3.8) is 0 Å². The summed E-state index contributed by atoms with van der Waals surface area (Å²) in [5, 5.41) is -3.52. The van der Waals surface area contributed by atoms with Gasteiger partial charge in [0.2, 0.25) is 0 Å². The summed E-state index contributed by atoms with van der Waals surface area (Å²) in [6.07, 6.45) is -2.13. The number of halogens is 2. The third kappa shape index (κ3) is 5.48. The molecular weight excluding hydrogens is 521 g/mol. The summed E-state index contributed by atoms with van der Waals surface area (Å²) in [7, 11) is -18.3. The first-order valence-electron chi connectivity index (χ1n) is 9.55. The molecule has 0 aromatic heterocycles. The number of hydrogen-bond donors (Lipinski definition) is 5. The Hall–Kier alpha value is -1.94. The van der Waals surface area contributed by atoms with Crippen molar-refractivity contribution in [2.45, 2.75) is 11.3 Å². The van der Waals surface area contributed by atoms with Crippen LogP contribution in [0, 0.1) is 0 Å². The fraction of sp³-hybridized carbons (Fsp3) is 0.278. The Labute approximate surface area is 192 Å². The highest BCUT2D eigenvalue weighted by Crippen LogP contribution is 2.77. The Bertz CT molecular complexity index is 1190. The largest absolute Gasteiger partial charge is 0.449 e. The third-order valence-electron chi connectivity index (χ3n) is 4.94. The van der Waals surface area contributed by atoms with E-state index in [1.807, 2.05) is 48.5 Å². The maximum absolute atomic E-state index is 13.4. The fourth-order valence-corrected chi connectivity index (χ4v) is 7.52. The van der Waals surface area contributed by atoms with Gasteiger partial charge in [-0.15, -0.1) is 0 Å². The number of benzene rings is 2. The van der Waals surface area contributed by atoms with Crippen molar-refractivity contribution in [1.29, 1.82) is 0 Å². The average molecular weight is 541 g/mol. The summed E-state index contributed by atoms with van der Waals surface area (Å²) >= 11 is 0. The van der Waals surface area contributed by atoms with Crippen LogP contribution in [0.2, 0.25) is 0 Å². The maximum atomic E-state index is 13.4. The van der Waals surface area contributed by atoms with E-state index in [2.05, 4.69) is 9.63 Å². The van der Waals surface area contributed by atoms with Crippen LogP contribution in [-0.2, 0) is 22.7 Å². The predicted octanol–water partition coefficient (Wildman–Crippen LogP) is 3.64. The SMILES string of the molecule is O=C(NCCP(=O)(O)OP(=O)(O)C(F)(F)P(=O)(O)O)OCC1c2ccccc2-c2ccccc21. The minimum absolute atomic E-state index is 0.0759. The number of ether oxygens (including phenoxy) is 1. The van der Waals surface area contributed by atoms with Crippen molar-refractivity contribution in [1.82, 2.24) is 5.32 Å². The third-order valence-corrected chi connectivity index (χ3v) is 10.6. The fourth-order valence-electron chi connectivity index (χ4n) is 3.38. The van der Waals surface area contributed by atoms with E-state index in [9.17, 15) is 32.2 Å². The lowest BCUT2D eigenvalue weighted by Crippen LogP contribution is -2.29. The Morgan fingerprint density at radius 3 is 1.94 bits per heavy atom. The molecule has 1 aliphatic rings. The number of carbonyl (C=O) groups is 1. The highest BCUT2D eigenvalue weighted by atomic mass is 31.3. The molecule has 0 radical (unpaired) electrons. The van der Waals surface area contributed by atoms with E-state index >= 15 is 0 Å². The van der Waals surface area contributed by atoms with E-state index in [1.165, 1.54) is 0 Å². The normalized spacial score (nSPS) is 17.2. The summed E-state index contributed by atoms with van der Waals surface area (Å²) < 4.78 is 69.7. The molecule has 186 valence electrons. The lowest BCUT2D eigenvalue weighted by Gasteiger charge is -2.24. The second kappa shape index (κ2) is 9.60. The molecule has 2 unspecified atom stereocenters. The van der Waals surface area contributed by atoms with Gasteiger partial charge in [0.15, 0.2) is 0 Å². The second-order valence-electron chi connectivity index (χ2n) is 7.27. The van der Waals surface area contributed by atoms with E-state index < -0.39 is 47.0 Å². The molecule has 0 aliphatic heterocycles. The molecule has 0 saturated carbocycles. The van der Waals surface area contributed by atoms with E-state index in [-0.39, 0.29) is 12.5 Å². The minimum Gasteiger partial charge on any atom is -0.449 e. The molecule has 1 amide bonds. The van der Waals surface area contributed by atoms with E-state index in [1.54, 1.807) is 0 Å². The Morgan fingerprint density at radius 1 is 0.941 bits per heavy atom. The molecular formula is C18H20F2NO10P3. The van der Waals surface area contributed by atoms with Crippen LogP contribution >= 0.6 is 22.8 Å². The first kappa shape index (κ1) is 26.7. The molecule has 0 spiro atoms. The van der Waals surface area contributed by atoms with Crippen molar-refractivity contribution in [2.24, 2.45) is 0 Å². The van der Waals surface area contributed by atoms with Gasteiger partial charge >= 0.3 is 34.3 Å². The Balaban J connectivity index is 1.55. The molecule has 2 atom stereocenters. The van der Waals surface area contributed by atoms with Gasteiger partial charge in [0.25, 0.3) is 0 Å². The summed E-state index contributed by atoms with van der Waals surface area (Å²) in [5.74, 6) is -0.263. The second-order valence-corrected chi connectivity index (χ2v) is 13.2. The number of hydrogen-bond acceptors (Lipinski definition) is 6. The zero-order valence-electron chi connectivity index (χ0n) is 17.2. The van der Waals surface area contributed by atoms with Gasteiger partial charge in [0.1, 0.15) is 6.61 Å². The Morgan fingerprint density at radius 2 is 1.44 bits per heavy atom. The summed E-state index contributed by atoms with van der Waals surface area (Å²) in [4.78, 5) is 47.7. The molecule has 2 aromatic carbocycles. The average Bonchev–Trinajstić information content (AvgIpc) is 3.04. The first-order chi connectivity index (χ1) is 15.7. The molecule has 5 N–H and O–H groups in total. The van der Waals surface area contributed by atoms with Crippen LogP contribution in [-0.4, -0.2) is 50.4 Å². The number of nitrogens with one attached hydrogen (secondary N) is 1. The smallest absolute Gasteiger partial charge is 0.444 e. The summed E-state index contributed by atoms with van der Waals surface area (Å²) in [5.41, 5.74) is 3.86. The monoisotopic (exact) mass is 541 g/mol. The minimum atomic E-state index is -6.55. The summed E-state index contributed by atoms with van der Waals surface area (Å²) in [6.45, 7) is -0.764. The number of carbonyl (C=O) groups excluding carboxylic acids is 1. The van der Waals surface area contributed by atoms with Crippen molar-refractivity contribution in [2.75, 3.05) is 19.3 Å². The van der Waals surface area contributed by atoms with E-state index in [4.69, 9.17) is 19.4 Å². The number of rotatable bonds is 9. The zero-order chi connectivity index (χ0) is 25.4. The molecule has 0 fully saturated rings.